The number of methoxy groups -OCH3 is 1. The molecule has 7 unspecified atom stereocenters. The van der Waals surface area contributed by atoms with E-state index in [0.29, 0.717) is 19.4 Å². The first-order valence-corrected chi connectivity index (χ1v) is 21.6. The molecule has 6 rings (SSSR count). The standard InChI is InChI=1S/C45H63N5O12/c1-25-20-44(11,57-12)36(58-39(54)32-23-50(43(9,10)60-32)41(56)61-42(6,7)8)27(3)34(52)28(4)38(53)59-37-29(5)45(37)35(26(2)33(25)51)49(40(55)62-45)19-14-13-18-48-22-31(47-24-48)30-16-15-17-46-21-30/h15-17,21-22,24-29,32,35-37H,13-14,18-20,23H2,1-12H3/t25?,26?,27?,28?,29-,32?,35+,36+,37?,44-,45?/m0/s1. The van der Waals surface area contributed by atoms with Gasteiger partial charge in [0, 0.05) is 62.1 Å². The lowest BCUT2D eigenvalue weighted by atomic mass is 9.75. The van der Waals surface area contributed by atoms with E-state index in [1.807, 2.05) is 29.8 Å². The normalized spacial score (nSPS) is 33.8. The first kappa shape index (κ1) is 46.6. The molecule has 17 heteroatoms. The van der Waals surface area contributed by atoms with Gasteiger partial charge < -0.3 is 37.9 Å². The number of hydrogen-bond donors (Lipinski definition) is 0. The highest BCUT2D eigenvalue weighted by atomic mass is 16.6. The first-order chi connectivity index (χ1) is 29.0. The molecule has 3 saturated heterocycles. The van der Waals surface area contributed by atoms with Crippen LogP contribution in [-0.2, 0) is 54.1 Å². The van der Waals surface area contributed by atoms with Crippen molar-refractivity contribution in [2.24, 2.45) is 29.6 Å². The number of ether oxygens (including phenoxy) is 6. The topological polar surface area (TPSA) is 195 Å². The molecule has 1 saturated carbocycles. The van der Waals surface area contributed by atoms with Gasteiger partial charge in [-0.3, -0.25) is 24.3 Å². The monoisotopic (exact) mass is 865 g/mol. The number of unbranched alkanes of at least 4 members (excludes halogenated alkanes) is 1. The smallest absolute Gasteiger partial charge is 0.412 e. The number of hydrogen-bond acceptors (Lipinski definition) is 14. The second kappa shape index (κ2) is 17.3. The number of imidazole rings is 1. The minimum Gasteiger partial charge on any atom is -0.457 e. The maximum atomic E-state index is 14.7. The summed E-state index contributed by atoms with van der Waals surface area (Å²) in [5.74, 6) is -6.92. The minimum absolute atomic E-state index is 0.00155. The summed E-state index contributed by atoms with van der Waals surface area (Å²) < 4.78 is 37.9. The van der Waals surface area contributed by atoms with Gasteiger partial charge in [0.05, 0.1) is 30.5 Å². The van der Waals surface area contributed by atoms with Crippen LogP contribution in [0.5, 0.6) is 0 Å². The lowest BCUT2D eigenvalue weighted by Gasteiger charge is -2.41. The number of carbonyl (C=O) groups excluding carboxylic acids is 6. The Morgan fingerprint density at radius 2 is 1.66 bits per heavy atom. The quantitative estimate of drug-likeness (QED) is 0.130. The number of nitrogens with zero attached hydrogens (tertiary/aromatic N) is 5. The van der Waals surface area contributed by atoms with Crippen molar-refractivity contribution in [3.05, 3.63) is 37.1 Å². The summed E-state index contributed by atoms with van der Waals surface area (Å²) in [5.41, 5.74) is -3.10. The van der Waals surface area contributed by atoms with Crippen LogP contribution in [0.1, 0.15) is 95.4 Å². The van der Waals surface area contributed by atoms with E-state index in [4.69, 9.17) is 28.4 Å². The number of esters is 2. The van der Waals surface area contributed by atoms with Crippen molar-refractivity contribution in [1.29, 1.82) is 0 Å². The van der Waals surface area contributed by atoms with Gasteiger partial charge in [0.1, 0.15) is 34.7 Å². The average molecular weight is 866 g/mol. The number of aromatic nitrogens is 3. The molecule has 2 amide bonds. The molecule has 340 valence electrons. The fraction of sp³-hybridized carbons (Fsp3) is 0.689. The largest absolute Gasteiger partial charge is 0.457 e. The number of amides is 2. The third kappa shape index (κ3) is 8.97. The predicted molar refractivity (Wildman–Crippen MR) is 222 cm³/mol. The fourth-order valence-electron chi connectivity index (χ4n) is 9.58. The van der Waals surface area contributed by atoms with Crippen molar-refractivity contribution in [2.45, 2.75) is 149 Å². The molecular formula is C45H63N5O12. The van der Waals surface area contributed by atoms with E-state index in [1.54, 1.807) is 79.0 Å². The molecule has 62 heavy (non-hydrogen) atoms. The van der Waals surface area contributed by atoms with Crippen LogP contribution in [-0.4, -0.2) is 127 Å². The maximum Gasteiger partial charge on any atom is 0.412 e. The lowest BCUT2D eigenvalue weighted by Crippen LogP contribution is -2.54. The summed E-state index contributed by atoms with van der Waals surface area (Å²) >= 11 is 0. The summed E-state index contributed by atoms with van der Waals surface area (Å²) in [7, 11) is 1.40. The van der Waals surface area contributed by atoms with Crippen molar-refractivity contribution in [3.8, 4) is 11.3 Å². The Kier molecular flexibility index (Phi) is 13.0. The summed E-state index contributed by atoms with van der Waals surface area (Å²) in [5, 5.41) is 0. The summed E-state index contributed by atoms with van der Waals surface area (Å²) in [4.78, 5) is 95.3. The number of ketones is 2. The number of aryl methyl sites for hydroxylation is 1. The summed E-state index contributed by atoms with van der Waals surface area (Å²) in [6.07, 6.45) is 3.65. The number of Topliss-reactive ketones (excluding diaryl/α,β-unsaturated/α-hetero) is 2. The van der Waals surface area contributed by atoms with E-state index in [0.717, 1.165) is 11.3 Å². The van der Waals surface area contributed by atoms with Gasteiger partial charge in [0.2, 0.25) is 0 Å². The van der Waals surface area contributed by atoms with Crippen molar-refractivity contribution in [1.82, 2.24) is 24.3 Å². The Bertz CT molecular complexity index is 2030. The van der Waals surface area contributed by atoms with Crippen LogP contribution in [0, 0.1) is 29.6 Å². The van der Waals surface area contributed by atoms with E-state index in [-0.39, 0.29) is 25.3 Å². The van der Waals surface area contributed by atoms with Gasteiger partial charge >= 0.3 is 24.1 Å². The van der Waals surface area contributed by atoms with Crippen LogP contribution in [0.15, 0.2) is 37.1 Å². The molecule has 0 aromatic carbocycles. The maximum absolute atomic E-state index is 14.7. The van der Waals surface area contributed by atoms with Crippen LogP contribution in [0.4, 0.5) is 9.59 Å². The van der Waals surface area contributed by atoms with E-state index >= 15 is 0 Å². The van der Waals surface area contributed by atoms with Crippen molar-refractivity contribution < 1.29 is 57.2 Å². The van der Waals surface area contributed by atoms with Crippen LogP contribution in [0.25, 0.3) is 11.3 Å². The molecule has 1 aliphatic carbocycles. The Morgan fingerprint density at radius 3 is 2.31 bits per heavy atom. The van der Waals surface area contributed by atoms with Gasteiger partial charge in [-0.05, 0) is 79.9 Å². The first-order valence-electron chi connectivity index (χ1n) is 21.6. The van der Waals surface area contributed by atoms with Crippen molar-refractivity contribution in [3.63, 3.8) is 0 Å². The van der Waals surface area contributed by atoms with Crippen LogP contribution in [0.3, 0.4) is 0 Å². The Hall–Kier alpha value is -4.90. The van der Waals surface area contributed by atoms with E-state index in [9.17, 15) is 28.8 Å². The fourth-order valence-corrected chi connectivity index (χ4v) is 9.58. The highest BCUT2D eigenvalue weighted by Crippen LogP contribution is 2.59. The summed E-state index contributed by atoms with van der Waals surface area (Å²) in [6, 6.07) is 3.00. The number of pyridine rings is 1. The van der Waals surface area contributed by atoms with Crippen LogP contribution < -0.4 is 0 Å². The molecule has 4 fully saturated rings. The zero-order valence-corrected chi connectivity index (χ0v) is 38.0. The molecule has 5 heterocycles. The van der Waals surface area contributed by atoms with E-state index in [1.165, 1.54) is 25.9 Å². The molecule has 0 N–H and O–H groups in total. The molecule has 1 spiro atoms. The molecule has 17 nitrogen and oxygen atoms in total. The van der Waals surface area contributed by atoms with Gasteiger partial charge in [-0.1, -0.05) is 27.7 Å². The van der Waals surface area contributed by atoms with E-state index < -0.39 is 106 Å². The zero-order valence-electron chi connectivity index (χ0n) is 38.0. The average Bonchev–Trinajstić information content (AvgIpc) is 3.63. The number of rotatable bonds is 9. The predicted octanol–water partition coefficient (Wildman–Crippen LogP) is 5.62. The highest BCUT2D eigenvalue weighted by Gasteiger charge is 2.78. The van der Waals surface area contributed by atoms with Crippen molar-refractivity contribution >= 4 is 35.7 Å². The molecular weight excluding hydrogens is 803 g/mol. The second-order valence-electron chi connectivity index (χ2n) is 19.2. The summed E-state index contributed by atoms with van der Waals surface area (Å²) in [6.45, 7) is 19.1. The highest BCUT2D eigenvalue weighted by molar-refractivity contribution is 6.00. The van der Waals surface area contributed by atoms with Gasteiger partial charge in [0.25, 0.3) is 0 Å². The minimum atomic E-state index is -1.45. The Balaban J connectivity index is 1.23. The molecule has 3 aliphatic heterocycles. The van der Waals surface area contributed by atoms with Gasteiger partial charge in [0.15, 0.2) is 23.6 Å². The lowest BCUT2D eigenvalue weighted by molar-refractivity contribution is -0.192. The third-order valence-corrected chi connectivity index (χ3v) is 13.1. The molecule has 11 atom stereocenters. The third-order valence-electron chi connectivity index (χ3n) is 13.1. The number of carbonyl (C=O) groups is 6. The van der Waals surface area contributed by atoms with Gasteiger partial charge in [-0.15, -0.1) is 0 Å². The van der Waals surface area contributed by atoms with Gasteiger partial charge in [-0.2, -0.15) is 0 Å². The van der Waals surface area contributed by atoms with Crippen molar-refractivity contribution in [2.75, 3.05) is 20.2 Å². The van der Waals surface area contributed by atoms with Gasteiger partial charge in [-0.25, -0.2) is 19.4 Å². The molecule has 4 aliphatic rings. The molecule has 0 radical (unpaired) electrons. The molecule has 2 aromatic rings. The van der Waals surface area contributed by atoms with Crippen LogP contribution in [0.2, 0.25) is 0 Å². The zero-order chi connectivity index (χ0) is 45.7. The SMILES string of the molecule is CO[C@@]1(C)CC(C)C(=O)C(C)[C@H]2N(CCCCn3cnc(-c4cccnc4)c3)C(=O)OC23C(OC(=O)C(C)C(=O)C(C)[C@H]1OC(=O)C1CN(C(=O)OC(C)(C)C)C(C)(C)O1)[C@@H]3C. The molecule has 2 aromatic heterocycles. The second-order valence-corrected chi connectivity index (χ2v) is 19.2. The Labute approximate surface area is 363 Å². The Morgan fingerprint density at radius 1 is 0.968 bits per heavy atom. The molecule has 0 bridgehead atoms. The van der Waals surface area contributed by atoms with E-state index in [2.05, 4.69) is 9.97 Å². The van der Waals surface area contributed by atoms with Crippen LogP contribution >= 0.6 is 0 Å².